The third kappa shape index (κ3) is 7.06. The Balaban J connectivity index is 1.62. The summed E-state index contributed by atoms with van der Waals surface area (Å²) in [6.45, 7) is 1.40. The Hall–Kier alpha value is -4.40. The van der Waals surface area contributed by atoms with E-state index in [4.69, 9.17) is 0 Å². The maximum absolute atomic E-state index is 12.9. The van der Waals surface area contributed by atoms with Crippen LogP contribution in [-0.4, -0.2) is 17.7 Å². The van der Waals surface area contributed by atoms with E-state index in [1.165, 1.54) is 37.3 Å². The van der Waals surface area contributed by atoms with Crippen molar-refractivity contribution < 1.29 is 27.6 Å². The molecule has 0 radical (unpaired) electrons. The second-order valence-corrected chi connectivity index (χ2v) is 7.24. The molecular weight excluding hydrogens is 447 g/mol. The quantitative estimate of drug-likeness (QED) is 0.415. The molecule has 0 bridgehead atoms. The van der Waals surface area contributed by atoms with Crippen molar-refractivity contribution in [3.63, 3.8) is 0 Å². The highest BCUT2D eigenvalue weighted by atomic mass is 19.4. The van der Waals surface area contributed by atoms with Crippen LogP contribution in [0, 0.1) is 0 Å². The Morgan fingerprint density at radius 3 is 2.06 bits per heavy atom. The van der Waals surface area contributed by atoms with Gasteiger partial charge in [-0.3, -0.25) is 14.4 Å². The summed E-state index contributed by atoms with van der Waals surface area (Å²) in [5.74, 6) is -1.25. The number of hydrogen-bond acceptors (Lipinski definition) is 3. The van der Waals surface area contributed by atoms with E-state index in [0.717, 1.165) is 17.7 Å². The Morgan fingerprint density at radius 2 is 1.41 bits per heavy atom. The molecule has 0 heterocycles. The summed E-state index contributed by atoms with van der Waals surface area (Å²) in [6.07, 6.45) is -1.63. The van der Waals surface area contributed by atoms with Crippen LogP contribution < -0.4 is 16.0 Å². The summed E-state index contributed by atoms with van der Waals surface area (Å²) < 4.78 is 38.6. The van der Waals surface area contributed by atoms with Crippen molar-refractivity contribution in [2.45, 2.75) is 13.1 Å². The number of halogens is 3. The smallest absolute Gasteiger partial charge is 0.326 e. The number of anilines is 3. The van der Waals surface area contributed by atoms with Gasteiger partial charge in [-0.15, -0.1) is 0 Å². The van der Waals surface area contributed by atoms with Gasteiger partial charge < -0.3 is 16.0 Å². The highest BCUT2D eigenvalue weighted by molar-refractivity contribution is 6.06. The summed E-state index contributed by atoms with van der Waals surface area (Å²) in [7, 11) is 0. The van der Waals surface area contributed by atoms with Crippen LogP contribution in [0.4, 0.5) is 30.2 Å². The van der Waals surface area contributed by atoms with Crippen LogP contribution in [0.15, 0.2) is 78.9 Å². The van der Waals surface area contributed by atoms with Gasteiger partial charge in [0.05, 0.1) is 5.56 Å². The van der Waals surface area contributed by atoms with Crippen molar-refractivity contribution in [3.05, 3.63) is 95.6 Å². The van der Waals surface area contributed by atoms with Gasteiger partial charge in [0.1, 0.15) is 0 Å². The van der Waals surface area contributed by atoms with Gasteiger partial charge in [0.25, 0.3) is 5.91 Å². The lowest BCUT2D eigenvalue weighted by Gasteiger charge is -2.10. The Labute approximate surface area is 193 Å². The van der Waals surface area contributed by atoms with Gasteiger partial charge in [-0.1, -0.05) is 24.3 Å². The second-order valence-electron chi connectivity index (χ2n) is 7.24. The molecule has 9 heteroatoms. The molecule has 0 aliphatic rings. The number of benzene rings is 3. The minimum absolute atomic E-state index is 0.00159. The van der Waals surface area contributed by atoms with E-state index in [2.05, 4.69) is 16.0 Å². The lowest BCUT2D eigenvalue weighted by atomic mass is 10.1. The maximum Gasteiger partial charge on any atom is 0.416 e. The monoisotopic (exact) mass is 467 g/mol. The van der Waals surface area contributed by atoms with Crippen LogP contribution in [-0.2, 0) is 15.8 Å². The number of carbonyl (C=O) groups is 3. The molecule has 0 spiro atoms. The van der Waals surface area contributed by atoms with Crippen molar-refractivity contribution in [2.75, 3.05) is 16.0 Å². The van der Waals surface area contributed by atoms with Crippen molar-refractivity contribution >= 4 is 40.9 Å². The summed E-state index contributed by atoms with van der Waals surface area (Å²) in [4.78, 5) is 35.8. The minimum atomic E-state index is -4.52. The molecule has 0 aliphatic carbocycles. The third-order valence-corrected chi connectivity index (χ3v) is 4.50. The molecular formula is C25H20F3N3O3. The zero-order valence-corrected chi connectivity index (χ0v) is 17.9. The summed E-state index contributed by atoms with van der Waals surface area (Å²) in [5, 5.41) is 7.69. The van der Waals surface area contributed by atoms with Crippen LogP contribution in [0.2, 0.25) is 0 Å². The zero-order chi connectivity index (χ0) is 24.7. The number of rotatable bonds is 6. The van der Waals surface area contributed by atoms with Gasteiger partial charge >= 0.3 is 6.18 Å². The number of amides is 3. The molecule has 3 aromatic rings. The first-order valence-electron chi connectivity index (χ1n) is 10.1. The summed E-state index contributed by atoms with van der Waals surface area (Å²) >= 11 is 0. The SMILES string of the molecule is CC(=O)Nc1ccc(C=CC(=O)Nc2cccc(C(=O)Nc3cccc(C(F)(F)F)c3)c2)cc1. The average Bonchev–Trinajstić information content (AvgIpc) is 2.78. The van der Waals surface area contributed by atoms with Gasteiger partial charge in [0.15, 0.2) is 0 Å². The van der Waals surface area contributed by atoms with E-state index in [-0.39, 0.29) is 17.2 Å². The largest absolute Gasteiger partial charge is 0.416 e. The molecule has 6 nitrogen and oxygen atoms in total. The van der Waals surface area contributed by atoms with Crippen molar-refractivity contribution in [3.8, 4) is 0 Å². The molecule has 0 aromatic heterocycles. The highest BCUT2D eigenvalue weighted by Gasteiger charge is 2.30. The van der Waals surface area contributed by atoms with Gasteiger partial charge in [-0.05, 0) is 60.2 Å². The minimum Gasteiger partial charge on any atom is -0.326 e. The van der Waals surface area contributed by atoms with Crippen LogP contribution in [0.5, 0.6) is 0 Å². The maximum atomic E-state index is 12.9. The summed E-state index contributed by atoms with van der Waals surface area (Å²) in [6, 6.07) is 17.2. The van der Waals surface area contributed by atoms with Gasteiger partial charge in [-0.2, -0.15) is 13.2 Å². The van der Waals surface area contributed by atoms with Crippen molar-refractivity contribution in [1.82, 2.24) is 0 Å². The molecule has 0 saturated carbocycles. The fourth-order valence-corrected chi connectivity index (χ4v) is 2.95. The molecule has 0 unspecified atom stereocenters. The molecule has 0 saturated heterocycles. The lowest BCUT2D eigenvalue weighted by molar-refractivity contribution is -0.137. The van der Waals surface area contributed by atoms with Crippen LogP contribution in [0.25, 0.3) is 6.08 Å². The van der Waals surface area contributed by atoms with Crippen LogP contribution >= 0.6 is 0 Å². The first kappa shape index (κ1) is 24.2. The first-order chi connectivity index (χ1) is 16.1. The fourth-order valence-electron chi connectivity index (χ4n) is 2.95. The molecule has 0 fully saturated rings. The number of carbonyl (C=O) groups excluding carboxylic acids is 3. The van der Waals surface area contributed by atoms with E-state index in [9.17, 15) is 27.6 Å². The van der Waals surface area contributed by atoms with E-state index in [0.29, 0.717) is 11.4 Å². The molecule has 0 atom stereocenters. The summed E-state index contributed by atoms with van der Waals surface area (Å²) in [5.41, 5.74) is 0.998. The molecule has 3 N–H and O–H groups in total. The predicted molar refractivity (Wildman–Crippen MR) is 124 cm³/mol. The fraction of sp³-hybridized carbons (Fsp3) is 0.0800. The Bertz CT molecular complexity index is 1240. The predicted octanol–water partition coefficient (Wildman–Crippen LogP) is 5.57. The number of hydrogen-bond donors (Lipinski definition) is 3. The Morgan fingerprint density at radius 1 is 0.765 bits per heavy atom. The number of alkyl halides is 3. The third-order valence-electron chi connectivity index (χ3n) is 4.50. The van der Waals surface area contributed by atoms with E-state index in [1.54, 1.807) is 42.5 Å². The molecule has 3 amide bonds. The molecule has 3 rings (SSSR count). The lowest BCUT2D eigenvalue weighted by Crippen LogP contribution is -2.14. The standard InChI is InChI=1S/C25H20F3N3O3/c1-16(32)29-20-11-8-17(9-12-20)10-13-23(33)30-21-6-2-4-18(14-21)24(34)31-22-7-3-5-19(15-22)25(26,27)28/h2-15H,1H3,(H,29,32)(H,30,33)(H,31,34). The van der Waals surface area contributed by atoms with E-state index >= 15 is 0 Å². The first-order valence-corrected chi connectivity index (χ1v) is 10.1. The van der Waals surface area contributed by atoms with Crippen molar-refractivity contribution in [2.24, 2.45) is 0 Å². The second kappa shape index (κ2) is 10.5. The normalized spacial score (nSPS) is 11.2. The van der Waals surface area contributed by atoms with Gasteiger partial charge in [-0.25, -0.2) is 0 Å². The molecule has 34 heavy (non-hydrogen) atoms. The van der Waals surface area contributed by atoms with Gasteiger partial charge in [0, 0.05) is 35.6 Å². The van der Waals surface area contributed by atoms with Crippen LogP contribution in [0.1, 0.15) is 28.4 Å². The zero-order valence-electron chi connectivity index (χ0n) is 17.9. The molecule has 174 valence electrons. The molecule has 0 aliphatic heterocycles. The highest BCUT2D eigenvalue weighted by Crippen LogP contribution is 2.30. The van der Waals surface area contributed by atoms with E-state index < -0.39 is 23.6 Å². The molecule has 3 aromatic carbocycles. The van der Waals surface area contributed by atoms with Crippen LogP contribution in [0.3, 0.4) is 0 Å². The van der Waals surface area contributed by atoms with Crippen molar-refractivity contribution in [1.29, 1.82) is 0 Å². The Kier molecular flexibility index (Phi) is 7.47. The number of nitrogens with one attached hydrogen (secondary N) is 3. The van der Waals surface area contributed by atoms with E-state index in [1.807, 2.05) is 0 Å². The van der Waals surface area contributed by atoms with Gasteiger partial charge in [0.2, 0.25) is 11.8 Å². The topological polar surface area (TPSA) is 87.3 Å². The average molecular weight is 467 g/mol.